The van der Waals surface area contributed by atoms with Crippen LogP contribution in [0, 0.1) is 0 Å². The van der Waals surface area contributed by atoms with Gasteiger partial charge >= 0.3 is 0 Å². The molecule has 0 aromatic heterocycles. The van der Waals surface area contributed by atoms with E-state index in [1.165, 1.54) is 25.7 Å². The zero-order valence-corrected chi connectivity index (χ0v) is 10.5. The standard InChI is InChI=1S/C12H26N2O/c1-9(10(2)15)14(4)12-7-5-11(13-3)6-8-12/h9-13,15H,5-8H2,1-4H3. The molecule has 1 rings (SSSR count). The Morgan fingerprint density at radius 3 is 2.13 bits per heavy atom. The summed E-state index contributed by atoms with van der Waals surface area (Å²) in [5.74, 6) is 0. The number of nitrogens with one attached hydrogen (secondary N) is 1. The molecule has 2 unspecified atom stereocenters. The first kappa shape index (κ1) is 12.9. The molecule has 2 N–H and O–H groups in total. The maximum atomic E-state index is 9.57. The molecule has 1 saturated carbocycles. The average Bonchev–Trinajstić information content (AvgIpc) is 2.27. The van der Waals surface area contributed by atoms with Gasteiger partial charge in [-0.3, -0.25) is 4.90 Å². The van der Waals surface area contributed by atoms with Crippen molar-refractivity contribution in [3.05, 3.63) is 0 Å². The highest BCUT2D eigenvalue weighted by atomic mass is 16.3. The second-order valence-electron chi connectivity index (χ2n) is 4.94. The fraction of sp³-hybridized carbons (Fsp3) is 1.00. The van der Waals surface area contributed by atoms with Crippen LogP contribution in [0.4, 0.5) is 0 Å². The van der Waals surface area contributed by atoms with Crippen molar-refractivity contribution in [1.29, 1.82) is 0 Å². The van der Waals surface area contributed by atoms with Crippen LogP contribution < -0.4 is 5.32 Å². The predicted octanol–water partition coefficient (Wildman–Crippen LogP) is 1.22. The highest BCUT2D eigenvalue weighted by Crippen LogP contribution is 2.24. The largest absolute Gasteiger partial charge is 0.392 e. The van der Waals surface area contributed by atoms with E-state index in [0.29, 0.717) is 12.1 Å². The topological polar surface area (TPSA) is 35.5 Å². The molecular formula is C12H26N2O. The summed E-state index contributed by atoms with van der Waals surface area (Å²) < 4.78 is 0. The molecule has 0 saturated heterocycles. The van der Waals surface area contributed by atoms with Gasteiger partial charge in [-0.25, -0.2) is 0 Å². The quantitative estimate of drug-likeness (QED) is 0.738. The van der Waals surface area contributed by atoms with Gasteiger partial charge < -0.3 is 10.4 Å². The van der Waals surface area contributed by atoms with Crippen molar-refractivity contribution in [3.8, 4) is 0 Å². The number of nitrogens with zero attached hydrogens (tertiary/aromatic N) is 1. The first-order valence-electron chi connectivity index (χ1n) is 6.13. The monoisotopic (exact) mass is 214 g/mol. The summed E-state index contributed by atoms with van der Waals surface area (Å²) in [5, 5.41) is 12.9. The van der Waals surface area contributed by atoms with Crippen LogP contribution in [0.15, 0.2) is 0 Å². The first-order valence-corrected chi connectivity index (χ1v) is 6.13. The Morgan fingerprint density at radius 1 is 1.20 bits per heavy atom. The Kier molecular flexibility index (Phi) is 5.03. The molecule has 1 aliphatic rings. The lowest BCUT2D eigenvalue weighted by molar-refractivity contribution is 0.0471. The van der Waals surface area contributed by atoms with E-state index in [1.807, 2.05) is 14.0 Å². The Morgan fingerprint density at radius 2 is 1.73 bits per heavy atom. The highest BCUT2D eigenvalue weighted by molar-refractivity contribution is 4.84. The lowest BCUT2D eigenvalue weighted by atomic mass is 9.89. The molecule has 0 bridgehead atoms. The SMILES string of the molecule is CNC1CCC(N(C)C(C)C(C)O)CC1. The Hall–Kier alpha value is -0.120. The minimum absolute atomic E-state index is 0.239. The number of rotatable bonds is 4. The number of hydrogen-bond donors (Lipinski definition) is 2. The fourth-order valence-corrected chi connectivity index (χ4v) is 2.44. The molecule has 90 valence electrons. The normalized spacial score (nSPS) is 31.6. The summed E-state index contributed by atoms with van der Waals surface area (Å²) in [5.41, 5.74) is 0. The van der Waals surface area contributed by atoms with Crippen LogP contribution in [-0.2, 0) is 0 Å². The molecule has 0 aromatic carbocycles. The van der Waals surface area contributed by atoms with Crippen LogP contribution in [0.2, 0.25) is 0 Å². The van der Waals surface area contributed by atoms with Gasteiger partial charge in [0.05, 0.1) is 6.10 Å². The molecule has 2 atom stereocenters. The molecular weight excluding hydrogens is 188 g/mol. The van der Waals surface area contributed by atoms with Crippen molar-refractivity contribution in [2.75, 3.05) is 14.1 Å². The van der Waals surface area contributed by atoms with Crippen LogP contribution >= 0.6 is 0 Å². The Bertz CT molecular complexity index is 176. The van der Waals surface area contributed by atoms with E-state index in [9.17, 15) is 5.11 Å². The van der Waals surface area contributed by atoms with Gasteiger partial charge in [0.1, 0.15) is 0 Å². The third kappa shape index (κ3) is 3.44. The molecule has 15 heavy (non-hydrogen) atoms. The Labute approximate surface area is 93.9 Å². The number of aliphatic hydroxyl groups is 1. The summed E-state index contributed by atoms with van der Waals surface area (Å²) in [6.07, 6.45) is 4.78. The molecule has 3 heteroatoms. The molecule has 0 heterocycles. The Balaban J connectivity index is 2.39. The van der Waals surface area contributed by atoms with E-state index in [4.69, 9.17) is 0 Å². The molecule has 1 aliphatic carbocycles. The maximum Gasteiger partial charge on any atom is 0.0664 e. The van der Waals surface area contributed by atoms with E-state index in [0.717, 1.165) is 0 Å². The van der Waals surface area contributed by atoms with Crippen molar-refractivity contribution in [3.63, 3.8) is 0 Å². The van der Waals surface area contributed by atoms with Gasteiger partial charge in [-0.05, 0) is 53.6 Å². The van der Waals surface area contributed by atoms with Crippen LogP contribution in [0.5, 0.6) is 0 Å². The minimum atomic E-state index is -0.239. The predicted molar refractivity (Wildman–Crippen MR) is 64.0 cm³/mol. The molecule has 1 fully saturated rings. The van der Waals surface area contributed by atoms with Crippen LogP contribution in [-0.4, -0.2) is 48.3 Å². The van der Waals surface area contributed by atoms with Gasteiger partial charge in [-0.2, -0.15) is 0 Å². The average molecular weight is 214 g/mol. The van der Waals surface area contributed by atoms with Crippen LogP contribution in [0.3, 0.4) is 0 Å². The molecule has 3 nitrogen and oxygen atoms in total. The summed E-state index contributed by atoms with van der Waals surface area (Å²) in [6.45, 7) is 3.98. The van der Waals surface area contributed by atoms with Gasteiger partial charge in [-0.15, -0.1) is 0 Å². The van der Waals surface area contributed by atoms with Gasteiger partial charge in [0, 0.05) is 18.1 Å². The van der Waals surface area contributed by atoms with Crippen LogP contribution in [0.1, 0.15) is 39.5 Å². The zero-order chi connectivity index (χ0) is 11.4. The molecule has 0 amide bonds. The van der Waals surface area contributed by atoms with E-state index in [1.54, 1.807) is 0 Å². The van der Waals surface area contributed by atoms with E-state index >= 15 is 0 Å². The second-order valence-corrected chi connectivity index (χ2v) is 4.94. The van der Waals surface area contributed by atoms with Gasteiger partial charge in [0.2, 0.25) is 0 Å². The second kappa shape index (κ2) is 5.83. The smallest absolute Gasteiger partial charge is 0.0664 e. The molecule has 0 radical (unpaired) electrons. The van der Waals surface area contributed by atoms with E-state index in [-0.39, 0.29) is 12.1 Å². The van der Waals surface area contributed by atoms with Crippen molar-refractivity contribution < 1.29 is 5.11 Å². The zero-order valence-electron chi connectivity index (χ0n) is 10.5. The van der Waals surface area contributed by atoms with E-state index < -0.39 is 0 Å². The third-order valence-electron chi connectivity index (χ3n) is 4.02. The van der Waals surface area contributed by atoms with Crippen LogP contribution in [0.25, 0.3) is 0 Å². The number of hydrogen-bond acceptors (Lipinski definition) is 3. The van der Waals surface area contributed by atoms with Gasteiger partial charge in [0.25, 0.3) is 0 Å². The highest BCUT2D eigenvalue weighted by Gasteiger charge is 2.26. The fourth-order valence-electron chi connectivity index (χ4n) is 2.44. The lowest BCUT2D eigenvalue weighted by Gasteiger charge is -2.38. The van der Waals surface area contributed by atoms with Crippen molar-refractivity contribution in [1.82, 2.24) is 10.2 Å². The minimum Gasteiger partial charge on any atom is -0.392 e. The van der Waals surface area contributed by atoms with E-state index in [2.05, 4.69) is 24.2 Å². The summed E-state index contributed by atoms with van der Waals surface area (Å²) in [7, 11) is 4.19. The van der Waals surface area contributed by atoms with Crippen molar-refractivity contribution in [2.45, 2.75) is 63.8 Å². The summed E-state index contributed by atoms with van der Waals surface area (Å²) in [6, 6.07) is 1.62. The molecule has 0 aliphatic heterocycles. The van der Waals surface area contributed by atoms with Crippen molar-refractivity contribution in [2.24, 2.45) is 0 Å². The van der Waals surface area contributed by atoms with Gasteiger partial charge in [0.15, 0.2) is 0 Å². The van der Waals surface area contributed by atoms with Gasteiger partial charge in [-0.1, -0.05) is 0 Å². The lowest BCUT2D eigenvalue weighted by Crippen LogP contribution is -2.47. The maximum absolute atomic E-state index is 9.57. The summed E-state index contributed by atoms with van der Waals surface area (Å²) >= 11 is 0. The number of aliphatic hydroxyl groups excluding tert-OH is 1. The molecule has 0 spiro atoms. The first-order chi connectivity index (χ1) is 7.06. The number of likely N-dealkylation sites (N-methyl/N-ethyl adjacent to an activating group) is 1. The summed E-state index contributed by atoms with van der Waals surface area (Å²) in [4.78, 5) is 2.34. The molecule has 0 aromatic rings. The van der Waals surface area contributed by atoms with Crippen molar-refractivity contribution >= 4 is 0 Å². The third-order valence-corrected chi connectivity index (χ3v) is 4.02.